The molecule has 1 saturated carbocycles. The molecule has 0 unspecified atom stereocenters. The highest BCUT2D eigenvalue weighted by atomic mass is 19.3. The zero-order valence-electron chi connectivity index (χ0n) is 16.2. The summed E-state index contributed by atoms with van der Waals surface area (Å²) in [7, 11) is 0. The first kappa shape index (κ1) is 20.5. The predicted molar refractivity (Wildman–Crippen MR) is 107 cm³/mol. The van der Waals surface area contributed by atoms with Crippen molar-refractivity contribution in [2.45, 2.75) is 51.6 Å². The minimum absolute atomic E-state index is 0.104. The summed E-state index contributed by atoms with van der Waals surface area (Å²) in [6, 6.07) is 12.4. The van der Waals surface area contributed by atoms with Crippen LogP contribution >= 0.6 is 0 Å². The standard InChI is InChI=1S/C24H27F3O/c1-2-3-18-4-6-19(7-5-18)16-17-24(26,27)28-23-14-10-21(11-15-23)20-8-12-22(25)13-9-20/h8-19H,2-7H2,1H3/b17-16+. The Morgan fingerprint density at radius 2 is 1.50 bits per heavy atom. The van der Waals surface area contributed by atoms with Crippen molar-refractivity contribution in [1.29, 1.82) is 0 Å². The van der Waals surface area contributed by atoms with Gasteiger partial charge in [0.1, 0.15) is 11.6 Å². The van der Waals surface area contributed by atoms with Gasteiger partial charge in [0, 0.05) is 6.08 Å². The Bertz CT molecular complexity index is 757. The van der Waals surface area contributed by atoms with Gasteiger partial charge >= 0.3 is 6.11 Å². The van der Waals surface area contributed by atoms with E-state index in [2.05, 4.69) is 6.92 Å². The van der Waals surface area contributed by atoms with Crippen LogP contribution in [0.25, 0.3) is 11.1 Å². The summed E-state index contributed by atoms with van der Waals surface area (Å²) in [5.41, 5.74) is 1.63. The molecule has 1 aliphatic carbocycles. The van der Waals surface area contributed by atoms with Crippen molar-refractivity contribution in [3.05, 3.63) is 66.5 Å². The lowest BCUT2D eigenvalue weighted by molar-refractivity contribution is -0.132. The molecule has 1 fully saturated rings. The van der Waals surface area contributed by atoms with E-state index in [4.69, 9.17) is 4.74 Å². The normalized spacial score (nSPS) is 20.4. The molecule has 2 aromatic carbocycles. The number of hydrogen-bond donors (Lipinski definition) is 0. The third kappa shape index (κ3) is 5.88. The minimum atomic E-state index is -3.34. The Labute approximate surface area is 165 Å². The maximum absolute atomic E-state index is 14.2. The van der Waals surface area contributed by atoms with E-state index in [9.17, 15) is 13.2 Å². The lowest BCUT2D eigenvalue weighted by Crippen LogP contribution is -2.22. The summed E-state index contributed by atoms with van der Waals surface area (Å²) in [6.45, 7) is 2.19. The van der Waals surface area contributed by atoms with Crippen LogP contribution < -0.4 is 4.74 Å². The summed E-state index contributed by atoms with van der Waals surface area (Å²) in [5.74, 6) is 0.760. The molecule has 2 aromatic rings. The summed E-state index contributed by atoms with van der Waals surface area (Å²) in [5, 5.41) is 0. The summed E-state index contributed by atoms with van der Waals surface area (Å²) in [4.78, 5) is 0. The van der Waals surface area contributed by atoms with Gasteiger partial charge in [-0.3, -0.25) is 0 Å². The summed E-state index contributed by atoms with van der Waals surface area (Å²) in [6.07, 6.45) is 5.81. The second-order valence-electron chi connectivity index (χ2n) is 7.62. The number of ether oxygens (including phenoxy) is 1. The minimum Gasteiger partial charge on any atom is -0.429 e. The highest BCUT2D eigenvalue weighted by Gasteiger charge is 2.29. The highest BCUT2D eigenvalue weighted by molar-refractivity contribution is 5.64. The Hall–Kier alpha value is -2.23. The fourth-order valence-corrected chi connectivity index (χ4v) is 3.87. The number of allylic oxidation sites excluding steroid dienone is 1. The van der Waals surface area contributed by atoms with Crippen molar-refractivity contribution >= 4 is 0 Å². The maximum Gasteiger partial charge on any atom is 0.419 e. The van der Waals surface area contributed by atoms with Crippen molar-refractivity contribution in [1.82, 2.24) is 0 Å². The van der Waals surface area contributed by atoms with Crippen LogP contribution in [0.15, 0.2) is 60.7 Å². The van der Waals surface area contributed by atoms with E-state index in [1.165, 1.54) is 37.1 Å². The highest BCUT2D eigenvalue weighted by Crippen LogP contribution is 2.33. The molecule has 150 valence electrons. The molecule has 0 aromatic heterocycles. The molecule has 0 bridgehead atoms. The predicted octanol–water partition coefficient (Wildman–Crippen LogP) is 7.63. The van der Waals surface area contributed by atoms with E-state index in [1.54, 1.807) is 30.3 Å². The molecule has 0 heterocycles. The largest absolute Gasteiger partial charge is 0.429 e. The molecule has 3 rings (SSSR count). The smallest absolute Gasteiger partial charge is 0.419 e. The Morgan fingerprint density at radius 1 is 0.929 bits per heavy atom. The van der Waals surface area contributed by atoms with Crippen molar-refractivity contribution in [3.8, 4) is 16.9 Å². The Morgan fingerprint density at radius 3 is 2.07 bits per heavy atom. The molecule has 0 spiro atoms. The average molecular weight is 388 g/mol. The fourth-order valence-electron chi connectivity index (χ4n) is 3.87. The average Bonchev–Trinajstić information content (AvgIpc) is 2.69. The molecule has 0 aliphatic heterocycles. The third-order valence-corrected chi connectivity index (χ3v) is 5.44. The van der Waals surface area contributed by atoms with E-state index in [0.29, 0.717) is 0 Å². The SMILES string of the molecule is CCCC1CCC(/C=C/C(F)(F)Oc2ccc(-c3ccc(F)cc3)cc2)CC1. The lowest BCUT2D eigenvalue weighted by atomic mass is 9.80. The van der Waals surface area contributed by atoms with Gasteiger partial charge in [0.05, 0.1) is 0 Å². The van der Waals surface area contributed by atoms with Gasteiger partial charge in [-0.2, -0.15) is 8.78 Å². The number of rotatable bonds is 7. The first-order valence-corrected chi connectivity index (χ1v) is 10.1. The third-order valence-electron chi connectivity index (χ3n) is 5.44. The molecule has 0 N–H and O–H groups in total. The van der Waals surface area contributed by atoms with E-state index in [-0.39, 0.29) is 17.5 Å². The zero-order chi connectivity index (χ0) is 20.0. The number of hydrogen-bond acceptors (Lipinski definition) is 1. The molecule has 0 atom stereocenters. The van der Waals surface area contributed by atoms with Gasteiger partial charge in [-0.1, -0.05) is 50.1 Å². The van der Waals surface area contributed by atoms with E-state index < -0.39 is 6.11 Å². The van der Waals surface area contributed by atoms with Crippen molar-refractivity contribution in [2.24, 2.45) is 11.8 Å². The van der Waals surface area contributed by atoms with Crippen LogP contribution in [0.2, 0.25) is 0 Å². The molecule has 1 nitrogen and oxygen atoms in total. The first-order valence-electron chi connectivity index (χ1n) is 10.1. The van der Waals surface area contributed by atoms with Gasteiger partial charge in [-0.25, -0.2) is 4.39 Å². The van der Waals surface area contributed by atoms with Crippen molar-refractivity contribution in [2.75, 3.05) is 0 Å². The monoisotopic (exact) mass is 388 g/mol. The van der Waals surface area contributed by atoms with Crippen LogP contribution in [0.5, 0.6) is 5.75 Å². The van der Waals surface area contributed by atoms with Gasteiger partial charge < -0.3 is 4.74 Å². The van der Waals surface area contributed by atoms with Crippen LogP contribution in [-0.2, 0) is 0 Å². The molecule has 1 aliphatic rings. The van der Waals surface area contributed by atoms with Gasteiger partial charge in [-0.15, -0.1) is 0 Å². The zero-order valence-corrected chi connectivity index (χ0v) is 16.2. The molecule has 28 heavy (non-hydrogen) atoms. The molecular weight excluding hydrogens is 361 g/mol. The molecule has 0 radical (unpaired) electrons. The van der Waals surface area contributed by atoms with E-state index in [0.717, 1.165) is 48.8 Å². The molecule has 0 amide bonds. The van der Waals surface area contributed by atoms with Gasteiger partial charge in [0.2, 0.25) is 0 Å². The van der Waals surface area contributed by atoms with Crippen molar-refractivity contribution in [3.63, 3.8) is 0 Å². The molecule has 0 saturated heterocycles. The van der Waals surface area contributed by atoms with Crippen LogP contribution in [0.4, 0.5) is 13.2 Å². The van der Waals surface area contributed by atoms with Crippen LogP contribution in [-0.4, -0.2) is 6.11 Å². The summed E-state index contributed by atoms with van der Waals surface area (Å²) >= 11 is 0. The molecule has 4 heteroatoms. The number of benzene rings is 2. The lowest BCUT2D eigenvalue weighted by Gasteiger charge is -2.26. The summed E-state index contributed by atoms with van der Waals surface area (Å²) < 4.78 is 46.2. The van der Waals surface area contributed by atoms with Crippen LogP contribution in [0.3, 0.4) is 0 Å². The second kappa shape index (κ2) is 9.31. The fraction of sp³-hybridized carbons (Fsp3) is 0.417. The quantitative estimate of drug-likeness (QED) is 0.443. The maximum atomic E-state index is 14.2. The van der Waals surface area contributed by atoms with Gasteiger partial charge in [0.25, 0.3) is 0 Å². The number of halogens is 3. The van der Waals surface area contributed by atoms with Crippen LogP contribution in [0.1, 0.15) is 45.4 Å². The Kier molecular flexibility index (Phi) is 6.82. The van der Waals surface area contributed by atoms with Crippen LogP contribution in [0, 0.1) is 17.7 Å². The number of alkyl halides is 2. The van der Waals surface area contributed by atoms with E-state index in [1.807, 2.05) is 0 Å². The molecular formula is C24H27F3O. The van der Waals surface area contributed by atoms with Gasteiger partial charge in [-0.05, 0) is 72.9 Å². The second-order valence-corrected chi connectivity index (χ2v) is 7.62. The topological polar surface area (TPSA) is 9.23 Å². The first-order chi connectivity index (χ1) is 13.4. The van der Waals surface area contributed by atoms with E-state index >= 15 is 0 Å². The Balaban J connectivity index is 1.55. The van der Waals surface area contributed by atoms with Gasteiger partial charge in [0.15, 0.2) is 0 Å². The van der Waals surface area contributed by atoms with Crippen molar-refractivity contribution < 1.29 is 17.9 Å².